The average Bonchev–Trinajstić information content (AvgIpc) is 2.64. The number of piperidine rings is 2. The van der Waals surface area contributed by atoms with Crippen molar-refractivity contribution in [3.63, 3.8) is 0 Å². The number of carbonyl (C=O) groups excluding carboxylic acids is 2. The van der Waals surface area contributed by atoms with Gasteiger partial charge in [-0.1, -0.05) is 18.0 Å². The normalized spacial score (nSPS) is 21.1. The number of nitrogens with zero attached hydrogens (tertiary/aromatic N) is 2. The number of amides is 2. The molecule has 1 aromatic rings. The van der Waals surface area contributed by atoms with E-state index >= 15 is 0 Å². The molecule has 136 valence electrons. The monoisotopic (exact) mass is 367 g/mol. The van der Waals surface area contributed by atoms with E-state index < -0.39 is 11.4 Å². The molecule has 0 saturated carbocycles. The summed E-state index contributed by atoms with van der Waals surface area (Å²) >= 11 is 5.77. The average molecular weight is 368 g/mol. The lowest BCUT2D eigenvalue weighted by molar-refractivity contribution is -0.134. The molecule has 0 aromatic heterocycles. The molecule has 0 aliphatic carbocycles. The molecule has 2 amide bonds. The Hall–Kier alpha value is -1.66. The van der Waals surface area contributed by atoms with E-state index in [0.717, 1.165) is 25.9 Å². The van der Waals surface area contributed by atoms with Crippen molar-refractivity contribution in [3.05, 3.63) is 34.6 Å². The van der Waals surface area contributed by atoms with Crippen molar-refractivity contribution in [2.45, 2.75) is 37.6 Å². The van der Waals surface area contributed by atoms with Crippen molar-refractivity contribution < 1.29 is 14.0 Å². The van der Waals surface area contributed by atoms with Crippen molar-refractivity contribution in [3.8, 4) is 0 Å². The smallest absolute Gasteiger partial charge is 0.253 e. The highest BCUT2D eigenvalue weighted by molar-refractivity contribution is 6.31. The van der Waals surface area contributed by atoms with Gasteiger partial charge in [-0.3, -0.25) is 14.5 Å². The number of carbonyl (C=O) groups is 2. The molecule has 2 aliphatic heterocycles. The van der Waals surface area contributed by atoms with Crippen molar-refractivity contribution in [2.75, 3.05) is 26.2 Å². The number of likely N-dealkylation sites (tertiary alicyclic amines) is 2. The molecule has 0 spiro atoms. The highest BCUT2D eigenvalue weighted by Crippen LogP contribution is 2.32. The van der Waals surface area contributed by atoms with Gasteiger partial charge in [-0.25, -0.2) is 4.39 Å². The quantitative estimate of drug-likeness (QED) is 0.892. The van der Waals surface area contributed by atoms with Crippen molar-refractivity contribution >= 4 is 23.4 Å². The number of hydrogen-bond donors (Lipinski definition) is 1. The summed E-state index contributed by atoms with van der Waals surface area (Å²) in [6.07, 6.45) is 4.39. The van der Waals surface area contributed by atoms with E-state index in [9.17, 15) is 14.0 Å². The van der Waals surface area contributed by atoms with E-state index in [1.165, 1.54) is 24.6 Å². The number of rotatable bonds is 3. The summed E-state index contributed by atoms with van der Waals surface area (Å²) in [4.78, 5) is 28.8. The Balaban J connectivity index is 1.71. The largest absolute Gasteiger partial charge is 0.368 e. The molecule has 2 heterocycles. The number of nitrogens with two attached hydrogens (primary N) is 1. The van der Waals surface area contributed by atoms with Crippen LogP contribution < -0.4 is 5.73 Å². The van der Waals surface area contributed by atoms with Crippen LogP contribution in [-0.4, -0.2) is 53.3 Å². The second-order valence-corrected chi connectivity index (χ2v) is 7.27. The van der Waals surface area contributed by atoms with Crippen LogP contribution in [0.4, 0.5) is 4.39 Å². The Labute approximate surface area is 151 Å². The lowest BCUT2D eigenvalue weighted by Crippen LogP contribution is -2.63. The molecular weight excluding hydrogens is 345 g/mol. The van der Waals surface area contributed by atoms with Crippen LogP contribution in [0.3, 0.4) is 0 Å². The maximum Gasteiger partial charge on any atom is 0.253 e. The summed E-state index contributed by atoms with van der Waals surface area (Å²) in [6.45, 7) is 2.66. The first-order chi connectivity index (χ1) is 11.9. The van der Waals surface area contributed by atoms with Crippen LogP contribution in [0, 0.1) is 5.82 Å². The topological polar surface area (TPSA) is 66.6 Å². The zero-order valence-corrected chi connectivity index (χ0v) is 14.9. The Bertz CT molecular complexity index is 668. The van der Waals surface area contributed by atoms with Crippen LogP contribution in [0.1, 0.15) is 42.5 Å². The number of primary amides is 1. The third-order valence-electron chi connectivity index (χ3n) is 5.46. The summed E-state index contributed by atoms with van der Waals surface area (Å²) < 4.78 is 13.3. The third-order valence-corrected chi connectivity index (χ3v) is 5.75. The molecule has 2 aliphatic rings. The van der Waals surface area contributed by atoms with E-state index in [0.29, 0.717) is 31.5 Å². The van der Waals surface area contributed by atoms with E-state index in [1.54, 1.807) is 4.90 Å². The summed E-state index contributed by atoms with van der Waals surface area (Å²) in [5, 5.41) is -0.0670. The Morgan fingerprint density at radius 1 is 1.08 bits per heavy atom. The molecule has 7 heteroatoms. The van der Waals surface area contributed by atoms with E-state index in [2.05, 4.69) is 4.90 Å². The van der Waals surface area contributed by atoms with Gasteiger partial charge in [0.25, 0.3) is 5.91 Å². The highest BCUT2D eigenvalue weighted by atomic mass is 35.5. The summed E-state index contributed by atoms with van der Waals surface area (Å²) in [5.74, 6) is -1.04. The van der Waals surface area contributed by atoms with E-state index in [1.807, 2.05) is 0 Å². The molecule has 3 rings (SSSR count). The number of hydrogen-bond acceptors (Lipinski definition) is 3. The van der Waals surface area contributed by atoms with Gasteiger partial charge in [0, 0.05) is 18.7 Å². The molecule has 1 aromatic carbocycles. The van der Waals surface area contributed by atoms with Gasteiger partial charge in [0.1, 0.15) is 11.4 Å². The van der Waals surface area contributed by atoms with Crippen LogP contribution in [-0.2, 0) is 4.79 Å². The van der Waals surface area contributed by atoms with Gasteiger partial charge in [-0.05, 0) is 57.0 Å². The van der Waals surface area contributed by atoms with Crippen LogP contribution in [0.2, 0.25) is 5.02 Å². The highest BCUT2D eigenvalue weighted by Gasteiger charge is 2.45. The van der Waals surface area contributed by atoms with E-state index in [4.69, 9.17) is 17.3 Å². The van der Waals surface area contributed by atoms with Crippen LogP contribution in [0.25, 0.3) is 0 Å². The fourth-order valence-electron chi connectivity index (χ4n) is 3.93. The van der Waals surface area contributed by atoms with Gasteiger partial charge in [0.15, 0.2) is 0 Å². The fourth-order valence-corrected chi connectivity index (χ4v) is 4.11. The third kappa shape index (κ3) is 3.51. The van der Waals surface area contributed by atoms with Crippen molar-refractivity contribution in [2.24, 2.45) is 5.73 Å². The molecule has 5 nitrogen and oxygen atoms in total. The van der Waals surface area contributed by atoms with Crippen molar-refractivity contribution in [1.29, 1.82) is 0 Å². The second kappa shape index (κ2) is 7.30. The maximum absolute atomic E-state index is 13.3. The Kier molecular flexibility index (Phi) is 5.29. The molecular formula is C18H23ClFN3O2. The molecule has 2 fully saturated rings. The maximum atomic E-state index is 13.3. The molecule has 25 heavy (non-hydrogen) atoms. The first-order valence-corrected chi connectivity index (χ1v) is 9.11. The van der Waals surface area contributed by atoms with Gasteiger partial charge >= 0.3 is 0 Å². The lowest BCUT2D eigenvalue weighted by Gasteiger charge is -2.48. The molecule has 0 unspecified atom stereocenters. The van der Waals surface area contributed by atoms with Crippen LogP contribution >= 0.6 is 11.6 Å². The molecule has 2 saturated heterocycles. The first kappa shape index (κ1) is 18.1. The summed E-state index contributed by atoms with van der Waals surface area (Å²) in [5.41, 5.74) is 5.46. The number of benzene rings is 1. The minimum absolute atomic E-state index is 0.0670. The first-order valence-electron chi connectivity index (χ1n) is 8.73. The summed E-state index contributed by atoms with van der Waals surface area (Å²) in [6, 6.07) is 3.98. The molecule has 0 radical (unpaired) electrons. The second-order valence-electron chi connectivity index (χ2n) is 6.86. The van der Waals surface area contributed by atoms with Crippen LogP contribution in [0.5, 0.6) is 0 Å². The predicted molar refractivity (Wildman–Crippen MR) is 93.9 cm³/mol. The van der Waals surface area contributed by atoms with Gasteiger partial charge in [-0.15, -0.1) is 0 Å². The molecule has 0 atom stereocenters. The predicted octanol–water partition coefficient (Wildman–Crippen LogP) is 2.43. The minimum atomic E-state index is -0.655. The SMILES string of the molecule is NC(=O)C1(N2CCCCC2)CCN(C(=O)c2ccc(F)c(Cl)c2)CC1. The molecule has 0 bridgehead atoms. The van der Waals surface area contributed by atoms with Crippen molar-refractivity contribution in [1.82, 2.24) is 9.80 Å². The molecule has 2 N–H and O–H groups in total. The standard InChI is InChI=1S/C18H23ClFN3O2/c19-14-12-13(4-5-15(14)20)16(24)22-10-6-18(7-11-22,17(21)25)23-8-2-1-3-9-23/h4-5,12H,1-3,6-11H2,(H2,21,25). The van der Waals surface area contributed by atoms with E-state index in [-0.39, 0.29) is 16.8 Å². The minimum Gasteiger partial charge on any atom is -0.368 e. The van der Waals surface area contributed by atoms with Gasteiger partial charge < -0.3 is 10.6 Å². The van der Waals surface area contributed by atoms with Gasteiger partial charge in [0.05, 0.1) is 5.02 Å². The Morgan fingerprint density at radius 2 is 1.72 bits per heavy atom. The lowest BCUT2D eigenvalue weighted by atomic mass is 9.83. The summed E-state index contributed by atoms with van der Waals surface area (Å²) in [7, 11) is 0. The van der Waals surface area contributed by atoms with Gasteiger partial charge in [0.2, 0.25) is 5.91 Å². The van der Waals surface area contributed by atoms with Crippen LogP contribution in [0.15, 0.2) is 18.2 Å². The Morgan fingerprint density at radius 3 is 2.28 bits per heavy atom. The number of halogens is 2. The zero-order valence-electron chi connectivity index (χ0n) is 14.1. The van der Waals surface area contributed by atoms with Gasteiger partial charge in [-0.2, -0.15) is 0 Å². The zero-order chi connectivity index (χ0) is 18.0. The fraction of sp³-hybridized carbons (Fsp3) is 0.556.